The number of rotatable bonds is 6. The lowest BCUT2D eigenvalue weighted by molar-refractivity contribution is 0.232. The Morgan fingerprint density at radius 1 is 1.25 bits per heavy atom. The van der Waals surface area contributed by atoms with Crippen molar-refractivity contribution in [1.29, 1.82) is 0 Å². The summed E-state index contributed by atoms with van der Waals surface area (Å²) in [7, 11) is 0. The molecule has 0 aliphatic rings. The van der Waals surface area contributed by atoms with Crippen LogP contribution < -0.4 is 10.1 Å². The molecule has 0 fully saturated rings. The molecule has 0 unspecified atom stereocenters. The maximum Gasteiger partial charge on any atom is 0.218 e. The van der Waals surface area contributed by atoms with Crippen molar-refractivity contribution in [3.8, 4) is 5.88 Å². The number of hydrogen-bond acceptors (Lipinski definition) is 4. The van der Waals surface area contributed by atoms with Crippen LogP contribution in [-0.2, 0) is 0 Å². The number of anilines is 1. The molecule has 0 aliphatic carbocycles. The third kappa shape index (κ3) is 4.96. The minimum atomic E-state index is 0.137. The van der Waals surface area contributed by atoms with Gasteiger partial charge in [-0.25, -0.2) is 9.97 Å². The summed E-state index contributed by atoms with van der Waals surface area (Å²) in [4.78, 5) is 8.19. The van der Waals surface area contributed by atoms with Gasteiger partial charge in [0, 0.05) is 12.6 Å². The maximum atomic E-state index is 5.49. The molecule has 0 spiro atoms. The highest BCUT2D eigenvalue weighted by Gasteiger charge is 2.01. The van der Waals surface area contributed by atoms with Crippen molar-refractivity contribution in [1.82, 2.24) is 9.97 Å². The first-order valence-corrected chi connectivity index (χ1v) is 5.80. The second-order valence-electron chi connectivity index (χ2n) is 4.52. The lowest BCUT2D eigenvalue weighted by atomic mass is 10.1. The molecule has 0 aromatic carbocycles. The van der Waals surface area contributed by atoms with E-state index < -0.39 is 0 Å². The van der Waals surface area contributed by atoms with Crippen LogP contribution in [0.1, 0.15) is 34.1 Å². The summed E-state index contributed by atoms with van der Waals surface area (Å²) in [5.74, 6) is 2.14. The van der Waals surface area contributed by atoms with Crippen LogP contribution in [0, 0.1) is 5.92 Å². The Labute approximate surface area is 97.5 Å². The van der Waals surface area contributed by atoms with Crippen LogP contribution in [-0.4, -0.2) is 22.6 Å². The van der Waals surface area contributed by atoms with Crippen molar-refractivity contribution in [2.24, 2.45) is 5.92 Å². The average Bonchev–Trinajstić information content (AvgIpc) is 2.16. The molecule has 16 heavy (non-hydrogen) atoms. The molecule has 1 rings (SSSR count). The van der Waals surface area contributed by atoms with Crippen molar-refractivity contribution in [2.75, 3.05) is 11.9 Å². The van der Waals surface area contributed by atoms with Crippen molar-refractivity contribution < 1.29 is 4.74 Å². The summed E-state index contributed by atoms with van der Waals surface area (Å²) >= 11 is 0. The van der Waals surface area contributed by atoms with Crippen LogP contribution in [0.4, 0.5) is 5.82 Å². The number of nitrogens with zero attached hydrogens (tertiary/aromatic N) is 2. The fraction of sp³-hybridized carbons (Fsp3) is 0.667. The van der Waals surface area contributed by atoms with Gasteiger partial charge >= 0.3 is 0 Å². The van der Waals surface area contributed by atoms with E-state index in [0.29, 0.717) is 11.8 Å². The predicted octanol–water partition coefficient (Wildman–Crippen LogP) is 2.72. The van der Waals surface area contributed by atoms with Gasteiger partial charge < -0.3 is 10.1 Å². The second kappa shape index (κ2) is 6.30. The monoisotopic (exact) mass is 223 g/mol. The summed E-state index contributed by atoms with van der Waals surface area (Å²) in [5, 5.41) is 3.26. The predicted molar refractivity (Wildman–Crippen MR) is 65.7 cm³/mol. The lowest BCUT2D eigenvalue weighted by Crippen LogP contribution is -2.09. The molecule has 0 radical (unpaired) electrons. The van der Waals surface area contributed by atoms with Gasteiger partial charge in [0.2, 0.25) is 5.88 Å². The highest BCUT2D eigenvalue weighted by Crippen LogP contribution is 2.12. The zero-order valence-corrected chi connectivity index (χ0v) is 10.5. The largest absolute Gasteiger partial charge is 0.475 e. The number of ether oxygens (including phenoxy) is 1. The van der Waals surface area contributed by atoms with E-state index >= 15 is 0 Å². The van der Waals surface area contributed by atoms with E-state index in [1.54, 1.807) is 0 Å². The molecular weight excluding hydrogens is 202 g/mol. The number of nitrogens with one attached hydrogen (secondary N) is 1. The van der Waals surface area contributed by atoms with E-state index in [2.05, 4.69) is 29.1 Å². The molecular formula is C12H21N3O. The molecule has 1 aromatic rings. The minimum absolute atomic E-state index is 0.137. The molecule has 1 aromatic heterocycles. The molecule has 1 heterocycles. The summed E-state index contributed by atoms with van der Waals surface area (Å²) in [6, 6.07) is 1.83. The summed E-state index contributed by atoms with van der Waals surface area (Å²) in [6.07, 6.45) is 2.79. The fourth-order valence-corrected chi connectivity index (χ4v) is 1.23. The zero-order valence-electron chi connectivity index (χ0n) is 10.5. The molecule has 0 aliphatic heterocycles. The van der Waals surface area contributed by atoms with Crippen molar-refractivity contribution in [2.45, 2.75) is 40.2 Å². The Hall–Kier alpha value is -1.32. The molecule has 4 heteroatoms. The van der Waals surface area contributed by atoms with E-state index in [-0.39, 0.29) is 6.10 Å². The number of aromatic nitrogens is 2. The van der Waals surface area contributed by atoms with E-state index in [1.165, 1.54) is 6.33 Å². The van der Waals surface area contributed by atoms with Gasteiger partial charge in [-0.3, -0.25) is 0 Å². The first-order chi connectivity index (χ1) is 7.58. The Kier molecular flexibility index (Phi) is 5.02. The molecule has 1 N–H and O–H groups in total. The summed E-state index contributed by atoms with van der Waals surface area (Å²) in [5.41, 5.74) is 0. The van der Waals surface area contributed by atoms with Gasteiger partial charge in [0.1, 0.15) is 12.1 Å². The first kappa shape index (κ1) is 12.7. The summed E-state index contributed by atoms with van der Waals surface area (Å²) < 4.78 is 5.49. The van der Waals surface area contributed by atoms with Crippen LogP contribution in [0.2, 0.25) is 0 Å². The van der Waals surface area contributed by atoms with Crippen LogP contribution in [0.3, 0.4) is 0 Å². The van der Waals surface area contributed by atoms with E-state index in [9.17, 15) is 0 Å². The zero-order chi connectivity index (χ0) is 12.0. The highest BCUT2D eigenvalue weighted by atomic mass is 16.5. The van der Waals surface area contributed by atoms with Gasteiger partial charge in [0.25, 0.3) is 0 Å². The van der Waals surface area contributed by atoms with Crippen LogP contribution in [0.25, 0.3) is 0 Å². The molecule has 0 saturated carbocycles. The second-order valence-corrected chi connectivity index (χ2v) is 4.52. The van der Waals surface area contributed by atoms with Crippen molar-refractivity contribution in [3.05, 3.63) is 12.4 Å². The normalized spacial score (nSPS) is 10.9. The molecule has 0 atom stereocenters. The van der Waals surface area contributed by atoms with E-state index in [1.807, 2.05) is 19.9 Å². The molecule has 0 amide bonds. The molecule has 0 bridgehead atoms. The standard InChI is InChI=1S/C12H21N3O/c1-9(2)5-6-13-11-7-12(15-8-14-11)16-10(3)4/h7-10H,5-6H2,1-4H3,(H,13,14,15). The Balaban J connectivity index is 2.47. The van der Waals surface area contributed by atoms with Crippen LogP contribution in [0.15, 0.2) is 12.4 Å². The summed E-state index contributed by atoms with van der Waals surface area (Å²) in [6.45, 7) is 9.29. The van der Waals surface area contributed by atoms with E-state index in [0.717, 1.165) is 18.8 Å². The quantitative estimate of drug-likeness (QED) is 0.805. The average molecular weight is 223 g/mol. The van der Waals surface area contributed by atoms with Gasteiger partial charge in [-0.2, -0.15) is 0 Å². The Bertz CT molecular complexity index is 313. The SMILES string of the molecule is CC(C)CCNc1cc(OC(C)C)ncn1. The Morgan fingerprint density at radius 2 is 2.00 bits per heavy atom. The number of hydrogen-bond donors (Lipinski definition) is 1. The van der Waals surface area contributed by atoms with Crippen molar-refractivity contribution in [3.63, 3.8) is 0 Å². The van der Waals surface area contributed by atoms with Gasteiger partial charge in [-0.1, -0.05) is 13.8 Å². The van der Waals surface area contributed by atoms with Gasteiger partial charge in [0.05, 0.1) is 6.10 Å². The minimum Gasteiger partial charge on any atom is -0.475 e. The smallest absolute Gasteiger partial charge is 0.218 e. The highest BCUT2D eigenvalue weighted by molar-refractivity contribution is 5.36. The lowest BCUT2D eigenvalue weighted by Gasteiger charge is -2.10. The Morgan fingerprint density at radius 3 is 2.62 bits per heavy atom. The van der Waals surface area contributed by atoms with Gasteiger partial charge in [-0.05, 0) is 26.2 Å². The van der Waals surface area contributed by atoms with Gasteiger partial charge in [0.15, 0.2) is 0 Å². The van der Waals surface area contributed by atoms with E-state index in [4.69, 9.17) is 4.74 Å². The van der Waals surface area contributed by atoms with Gasteiger partial charge in [-0.15, -0.1) is 0 Å². The van der Waals surface area contributed by atoms with Crippen molar-refractivity contribution >= 4 is 5.82 Å². The van der Waals surface area contributed by atoms with Crippen LogP contribution in [0.5, 0.6) is 5.88 Å². The first-order valence-electron chi connectivity index (χ1n) is 5.80. The fourth-order valence-electron chi connectivity index (χ4n) is 1.23. The molecule has 90 valence electrons. The molecule has 0 saturated heterocycles. The maximum absolute atomic E-state index is 5.49. The third-order valence-corrected chi connectivity index (χ3v) is 2.03. The third-order valence-electron chi connectivity index (χ3n) is 2.03. The van der Waals surface area contributed by atoms with Crippen LogP contribution >= 0.6 is 0 Å². The topological polar surface area (TPSA) is 47.0 Å². The molecule has 4 nitrogen and oxygen atoms in total.